The topological polar surface area (TPSA) is 120 Å². The van der Waals surface area contributed by atoms with Gasteiger partial charge >= 0.3 is 5.97 Å². The van der Waals surface area contributed by atoms with Crippen molar-refractivity contribution in [3.8, 4) is 11.5 Å². The van der Waals surface area contributed by atoms with Crippen LogP contribution in [0.15, 0.2) is 47.6 Å². The highest BCUT2D eigenvalue weighted by Gasteiger charge is 2.32. The zero-order chi connectivity index (χ0) is 20.1. The van der Waals surface area contributed by atoms with E-state index in [1.807, 2.05) is 0 Å². The minimum Gasteiger partial charge on any atom is -0.493 e. The quantitative estimate of drug-likeness (QED) is 0.258. The number of carbonyl (C=O) groups excluding carboxylic acids is 2. The van der Waals surface area contributed by atoms with Crippen molar-refractivity contribution in [1.82, 2.24) is 5.43 Å². The number of benzene rings is 2. The van der Waals surface area contributed by atoms with Crippen LogP contribution in [-0.2, 0) is 4.79 Å². The molecule has 0 unspecified atom stereocenters. The summed E-state index contributed by atoms with van der Waals surface area (Å²) in [5.74, 6) is -0.207. The van der Waals surface area contributed by atoms with Crippen molar-refractivity contribution in [2.75, 3.05) is 7.11 Å². The number of ether oxygens (including phenoxy) is 2. The molecule has 0 aromatic heterocycles. The van der Waals surface area contributed by atoms with Gasteiger partial charge in [-0.05, 0) is 42.7 Å². The molecule has 1 N–H and O–H groups in total. The molecular weight excluding hydrogens is 366 g/mol. The third-order valence-corrected chi connectivity index (χ3v) is 4.01. The largest absolute Gasteiger partial charge is 0.493 e. The molecule has 3 rings (SSSR count). The molecule has 9 heteroatoms. The summed E-state index contributed by atoms with van der Waals surface area (Å²) >= 11 is 0. The number of nitrogens with one attached hydrogen (secondary N) is 1. The third kappa shape index (κ3) is 4.70. The molecule has 1 aliphatic rings. The van der Waals surface area contributed by atoms with Gasteiger partial charge in [0.1, 0.15) is 0 Å². The average molecular weight is 383 g/mol. The fourth-order valence-electron chi connectivity index (χ4n) is 2.35. The summed E-state index contributed by atoms with van der Waals surface area (Å²) in [6, 6.07) is 10.2. The van der Waals surface area contributed by atoms with Gasteiger partial charge in [0.05, 0.1) is 24.2 Å². The van der Waals surface area contributed by atoms with E-state index in [4.69, 9.17) is 9.47 Å². The van der Waals surface area contributed by atoms with Gasteiger partial charge in [0.2, 0.25) is 0 Å². The summed E-state index contributed by atoms with van der Waals surface area (Å²) in [5, 5.41) is 14.6. The van der Waals surface area contributed by atoms with Crippen LogP contribution in [0.2, 0.25) is 0 Å². The molecule has 1 fully saturated rings. The first-order valence-electron chi connectivity index (χ1n) is 8.45. The smallest absolute Gasteiger partial charge is 0.314 e. The molecule has 0 saturated heterocycles. The molecule has 0 spiro atoms. The second kappa shape index (κ2) is 8.30. The van der Waals surface area contributed by atoms with Gasteiger partial charge in [-0.25, -0.2) is 5.43 Å². The zero-order valence-electron chi connectivity index (χ0n) is 15.0. The van der Waals surface area contributed by atoms with E-state index in [1.165, 1.54) is 31.5 Å². The second-order valence-corrected chi connectivity index (χ2v) is 6.11. The highest BCUT2D eigenvalue weighted by molar-refractivity contribution is 5.95. The number of nitro benzene ring substituents is 1. The fraction of sp³-hybridized carbons (Fsp3) is 0.211. The molecule has 0 heterocycles. The number of rotatable bonds is 7. The van der Waals surface area contributed by atoms with Crippen molar-refractivity contribution in [3.63, 3.8) is 0 Å². The first-order valence-corrected chi connectivity index (χ1v) is 8.45. The molecule has 28 heavy (non-hydrogen) atoms. The molecule has 9 nitrogen and oxygen atoms in total. The fourth-order valence-corrected chi connectivity index (χ4v) is 2.35. The normalized spacial score (nSPS) is 13.2. The van der Waals surface area contributed by atoms with Gasteiger partial charge in [0.15, 0.2) is 11.5 Å². The van der Waals surface area contributed by atoms with Crippen molar-refractivity contribution in [2.24, 2.45) is 11.0 Å². The maximum absolute atomic E-state index is 12.0. The van der Waals surface area contributed by atoms with E-state index < -0.39 is 10.8 Å². The van der Waals surface area contributed by atoms with Gasteiger partial charge in [-0.3, -0.25) is 19.7 Å². The van der Waals surface area contributed by atoms with Crippen LogP contribution >= 0.6 is 0 Å². The molecule has 1 aliphatic carbocycles. The van der Waals surface area contributed by atoms with E-state index in [-0.39, 0.29) is 23.1 Å². The van der Waals surface area contributed by atoms with Crippen molar-refractivity contribution < 1.29 is 24.0 Å². The maximum Gasteiger partial charge on any atom is 0.314 e. The number of non-ortho nitro benzene ring substituents is 1. The Morgan fingerprint density at radius 2 is 2.00 bits per heavy atom. The first-order chi connectivity index (χ1) is 13.5. The number of methoxy groups -OCH3 is 1. The van der Waals surface area contributed by atoms with E-state index in [9.17, 15) is 19.7 Å². The van der Waals surface area contributed by atoms with Crippen LogP contribution in [0.5, 0.6) is 11.5 Å². The first kappa shape index (κ1) is 19.0. The summed E-state index contributed by atoms with van der Waals surface area (Å²) in [6.07, 6.45) is 3.07. The predicted molar refractivity (Wildman–Crippen MR) is 99.5 cm³/mol. The minimum absolute atomic E-state index is 0.0324. The maximum atomic E-state index is 12.0. The summed E-state index contributed by atoms with van der Waals surface area (Å²) in [6.45, 7) is 0. The van der Waals surface area contributed by atoms with Gasteiger partial charge in [-0.2, -0.15) is 5.10 Å². The summed E-state index contributed by atoms with van der Waals surface area (Å²) in [5.41, 5.74) is 2.84. The Balaban J connectivity index is 1.65. The molecule has 2 aromatic carbocycles. The van der Waals surface area contributed by atoms with Crippen molar-refractivity contribution in [2.45, 2.75) is 12.8 Å². The van der Waals surface area contributed by atoms with E-state index in [0.29, 0.717) is 17.1 Å². The Labute approximate surface area is 160 Å². The minimum atomic E-state index is -0.582. The lowest BCUT2D eigenvalue weighted by Gasteiger charge is -2.09. The number of esters is 1. The lowest BCUT2D eigenvalue weighted by atomic mass is 10.2. The average Bonchev–Trinajstić information content (AvgIpc) is 3.54. The number of carbonyl (C=O) groups is 2. The van der Waals surface area contributed by atoms with Crippen LogP contribution in [0, 0.1) is 16.0 Å². The van der Waals surface area contributed by atoms with Crippen molar-refractivity contribution >= 4 is 23.8 Å². The Bertz CT molecular complexity index is 952. The summed E-state index contributed by atoms with van der Waals surface area (Å²) < 4.78 is 10.5. The van der Waals surface area contributed by atoms with Crippen LogP contribution in [0.3, 0.4) is 0 Å². The van der Waals surface area contributed by atoms with Crippen molar-refractivity contribution in [1.29, 1.82) is 0 Å². The number of hydrogen-bond donors (Lipinski definition) is 1. The third-order valence-electron chi connectivity index (χ3n) is 4.01. The Morgan fingerprint density at radius 1 is 1.21 bits per heavy atom. The molecule has 144 valence electrons. The lowest BCUT2D eigenvalue weighted by Crippen LogP contribution is -2.17. The highest BCUT2D eigenvalue weighted by Crippen LogP contribution is 2.34. The number of nitro groups is 1. The monoisotopic (exact) mass is 383 g/mol. The van der Waals surface area contributed by atoms with Gasteiger partial charge in [0, 0.05) is 17.7 Å². The van der Waals surface area contributed by atoms with Gasteiger partial charge < -0.3 is 9.47 Å². The van der Waals surface area contributed by atoms with Crippen LogP contribution in [0.25, 0.3) is 0 Å². The molecule has 1 amide bonds. The predicted octanol–water partition coefficient (Wildman–Crippen LogP) is 2.68. The highest BCUT2D eigenvalue weighted by atomic mass is 16.6. The van der Waals surface area contributed by atoms with Gasteiger partial charge in [-0.1, -0.05) is 6.07 Å². The standard InChI is InChI=1S/C19H17N3O6/c1-27-17-9-12(5-8-16(17)28-19(24)13-6-7-13)11-20-21-18(23)14-3-2-4-15(10-14)22(25)26/h2-5,8-11,13H,6-7H2,1H3,(H,21,23)/b20-11-. The summed E-state index contributed by atoms with van der Waals surface area (Å²) in [7, 11) is 1.45. The number of amides is 1. The molecule has 0 radical (unpaired) electrons. The lowest BCUT2D eigenvalue weighted by molar-refractivity contribution is -0.384. The van der Waals surface area contributed by atoms with Crippen LogP contribution < -0.4 is 14.9 Å². The molecular formula is C19H17N3O6. The van der Waals surface area contributed by atoms with E-state index in [0.717, 1.165) is 18.9 Å². The van der Waals surface area contributed by atoms with E-state index in [2.05, 4.69) is 10.5 Å². The SMILES string of the molecule is COc1cc(/C=N\NC(=O)c2cccc([N+](=O)[O-])c2)ccc1OC(=O)C1CC1. The van der Waals surface area contributed by atoms with Gasteiger partial charge in [0.25, 0.3) is 11.6 Å². The molecule has 0 atom stereocenters. The van der Waals surface area contributed by atoms with Gasteiger partial charge in [-0.15, -0.1) is 0 Å². The number of hydrogen-bond acceptors (Lipinski definition) is 7. The van der Waals surface area contributed by atoms with Crippen LogP contribution in [0.4, 0.5) is 5.69 Å². The van der Waals surface area contributed by atoms with Crippen LogP contribution in [0.1, 0.15) is 28.8 Å². The summed E-state index contributed by atoms with van der Waals surface area (Å²) in [4.78, 5) is 34.0. The van der Waals surface area contributed by atoms with Crippen molar-refractivity contribution in [3.05, 3.63) is 63.7 Å². The zero-order valence-corrected chi connectivity index (χ0v) is 15.0. The molecule has 2 aromatic rings. The molecule has 1 saturated carbocycles. The Morgan fingerprint density at radius 3 is 2.68 bits per heavy atom. The van der Waals surface area contributed by atoms with E-state index >= 15 is 0 Å². The Kier molecular flexibility index (Phi) is 5.64. The second-order valence-electron chi connectivity index (χ2n) is 6.11. The number of nitrogens with zero attached hydrogens (tertiary/aromatic N) is 2. The van der Waals surface area contributed by atoms with Crippen LogP contribution in [-0.4, -0.2) is 30.1 Å². The molecule has 0 bridgehead atoms. The molecule has 0 aliphatic heterocycles. The number of hydrazone groups is 1. The van der Waals surface area contributed by atoms with E-state index in [1.54, 1.807) is 18.2 Å². The Hall–Kier alpha value is -3.75.